The normalized spacial score (nSPS) is 18.4. The van der Waals surface area contributed by atoms with E-state index >= 15 is 0 Å². The van der Waals surface area contributed by atoms with Gasteiger partial charge in [-0.25, -0.2) is 0 Å². The number of nitrogens with zero attached hydrogens (tertiary/aromatic N) is 1. The molecule has 0 amide bonds. The van der Waals surface area contributed by atoms with Gasteiger partial charge in [0.05, 0.1) is 16.6 Å². The van der Waals surface area contributed by atoms with Crippen LogP contribution in [0.3, 0.4) is 0 Å². The van der Waals surface area contributed by atoms with Gasteiger partial charge in [-0.3, -0.25) is 10.3 Å². The standard InChI is InChI=1S/C37H35NO/c1-35(2)27-36(3,28-16-8-4-9-17-28)33-26-32(24-25-34(33)38(35)39)37(29-18-10-5-11-19-29,30-20-12-6-13-21-30)31-22-14-7-15-23-31/h4-26,39H,27H2,1-3H3. The first-order chi connectivity index (χ1) is 18.9. The summed E-state index contributed by atoms with van der Waals surface area (Å²) in [4.78, 5) is 0. The maximum Gasteiger partial charge on any atom is 0.0701 e. The molecule has 1 N–H and O–H groups in total. The molecule has 0 aliphatic carbocycles. The Morgan fingerprint density at radius 3 is 1.46 bits per heavy atom. The summed E-state index contributed by atoms with van der Waals surface area (Å²) in [5.41, 5.74) is 6.82. The van der Waals surface area contributed by atoms with Gasteiger partial charge in [-0.2, -0.15) is 0 Å². The molecule has 39 heavy (non-hydrogen) atoms. The van der Waals surface area contributed by atoms with Crippen LogP contribution in [0, 0.1) is 0 Å². The minimum absolute atomic E-state index is 0.287. The monoisotopic (exact) mass is 509 g/mol. The van der Waals surface area contributed by atoms with Gasteiger partial charge in [0, 0.05) is 5.41 Å². The van der Waals surface area contributed by atoms with Crippen LogP contribution >= 0.6 is 0 Å². The minimum atomic E-state index is -0.538. The van der Waals surface area contributed by atoms with E-state index in [9.17, 15) is 5.21 Å². The van der Waals surface area contributed by atoms with Crippen molar-refractivity contribution in [2.45, 2.75) is 43.6 Å². The van der Waals surface area contributed by atoms with Gasteiger partial charge >= 0.3 is 0 Å². The quantitative estimate of drug-likeness (QED) is 0.239. The smallest absolute Gasteiger partial charge is 0.0701 e. The zero-order valence-corrected chi connectivity index (χ0v) is 22.9. The summed E-state index contributed by atoms with van der Waals surface area (Å²) in [6.07, 6.45) is 0.784. The molecule has 2 nitrogen and oxygen atoms in total. The van der Waals surface area contributed by atoms with Gasteiger partial charge in [-0.1, -0.05) is 140 Å². The van der Waals surface area contributed by atoms with Crippen molar-refractivity contribution < 1.29 is 5.21 Å². The van der Waals surface area contributed by atoms with Crippen LogP contribution in [0.15, 0.2) is 140 Å². The lowest BCUT2D eigenvalue weighted by Crippen LogP contribution is -2.52. The molecule has 194 valence electrons. The number of anilines is 1. The van der Waals surface area contributed by atoms with Crippen LogP contribution in [0.4, 0.5) is 5.69 Å². The molecule has 0 saturated carbocycles. The van der Waals surface area contributed by atoms with Crippen LogP contribution in [0.5, 0.6) is 0 Å². The average Bonchev–Trinajstić information content (AvgIpc) is 2.98. The Kier molecular flexibility index (Phi) is 6.16. The summed E-state index contributed by atoms with van der Waals surface area (Å²) in [5.74, 6) is 0. The highest BCUT2D eigenvalue weighted by Crippen LogP contribution is 2.53. The fourth-order valence-electron chi connectivity index (χ4n) is 6.89. The molecular weight excluding hydrogens is 474 g/mol. The highest BCUT2D eigenvalue weighted by molar-refractivity contribution is 5.68. The summed E-state index contributed by atoms with van der Waals surface area (Å²) < 4.78 is 0. The molecule has 5 aromatic carbocycles. The first kappa shape index (κ1) is 25.2. The summed E-state index contributed by atoms with van der Waals surface area (Å²) >= 11 is 0. The summed E-state index contributed by atoms with van der Waals surface area (Å²) in [6, 6.07) is 49.8. The Hall–Kier alpha value is -4.14. The van der Waals surface area contributed by atoms with Crippen molar-refractivity contribution >= 4 is 5.69 Å². The van der Waals surface area contributed by atoms with E-state index in [2.05, 4.69) is 160 Å². The highest BCUT2D eigenvalue weighted by Gasteiger charge is 2.47. The van der Waals surface area contributed by atoms with Gasteiger partial charge in [0.1, 0.15) is 0 Å². The summed E-state index contributed by atoms with van der Waals surface area (Å²) in [5, 5.41) is 12.9. The Balaban J connectivity index is 1.71. The fourth-order valence-corrected chi connectivity index (χ4v) is 6.89. The van der Waals surface area contributed by atoms with Crippen molar-refractivity contribution in [3.05, 3.63) is 173 Å². The van der Waals surface area contributed by atoms with E-state index in [1.54, 1.807) is 0 Å². The van der Waals surface area contributed by atoms with E-state index in [1.807, 2.05) is 0 Å². The van der Waals surface area contributed by atoms with Crippen molar-refractivity contribution in [2.75, 3.05) is 5.06 Å². The van der Waals surface area contributed by atoms with E-state index in [0.29, 0.717) is 0 Å². The minimum Gasteiger partial charge on any atom is -0.288 e. The lowest BCUT2D eigenvalue weighted by molar-refractivity contribution is 0.135. The van der Waals surface area contributed by atoms with Gasteiger partial charge in [-0.05, 0) is 59.7 Å². The fraction of sp³-hybridized carbons (Fsp3) is 0.189. The maximum atomic E-state index is 11.4. The molecule has 0 bridgehead atoms. The largest absolute Gasteiger partial charge is 0.288 e. The third-order valence-corrected chi connectivity index (χ3v) is 8.64. The summed E-state index contributed by atoms with van der Waals surface area (Å²) in [6.45, 7) is 6.56. The van der Waals surface area contributed by atoms with Crippen molar-refractivity contribution in [3.63, 3.8) is 0 Å². The molecule has 2 heteroatoms. The third kappa shape index (κ3) is 3.99. The third-order valence-electron chi connectivity index (χ3n) is 8.64. The summed E-state index contributed by atoms with van der Waals surface area (Å²) in [7, 11) is 0. The van der Waals surface area contributed by atoms with E-state index in [1.165, 1.54) is 32.9 Å². The predicted octanol–water partition coefficient (Wildman–Crippen LogP) is 8.75. The Labute approximate surface area is 232 Å². The first-order valence-corrected chi connectivity index (χ1v) is 13.7. The van der Waals surface area contributed by atoms with E-state index < -0.39 is 11.0 Å². The number of hydroxylamine groups is 1. The number of fused-ring (bicyclic) bond motifs is 1. The van der Waals surface area contributed by atoms with Crippen molar-refractivity contribution in [3.8, 4) is 0 Å². The van der Waals surface area contributed by atoms with Gasteiger partial charge in [-0.15, -0.1) is 0 Å². The second-order valence-corrected chi connectivity index (χ2v) is 11.6. The molecule has 6 rings (SSSR count). The molecule has 0 fully saturated rings. The zero-order chi connectivity index (χ0) is 27.1. The molecule has 0 saturated heterocycles. The first-order valence-electron chi connectivity index (χ1n) is 13.7. The Morgan fingerprint density at radius 1 is 0.564 bits per heavy atom. The second-order valence-electron chi connectivity index (χ2n) is 11.6. The molecule has 1 unspecified atom stereocenters. The van der Waals surface area contributed by atoms with Crippen molar-refractivity contribution in [2.24, 2.45) is 0 Å². The zero-order valence-electron chi connectivity index (χ0n) is 22.9. The average molecular weight is 510 g/mol. The van der Waals surface area contributed by atoms with Crippen LogP contribution in [-0.4, -0.2) is 10.7 Å². The molecule has 0 spiro atoms. The number of hydrogen-bond acceptors (Lipinski definition) is 2. The van der Waals surface area contributed by atoms with E-state index in [0.717, 1.165) is 17.7 Å². The van der Waals surface area contributed by atoms with Gasteiger partial charge in [0.25, 0.3) is 0 Å². The lowest BCUT2D eigenvalue weighted by Gasteiger charge is -2.50. The van der Waals surface area contributed by atoms with Crippen LogP contribution in [0.2, 0.25) is 0 Å². The predicted molar refractivity (Wildman–Crippen MR) is 161 cm³/mol. The van der Waals surface area contributed by atoms with Gasteiger partial charge < -0.3 is 0 Å². The number of benzene rings is 5. The van der Waals surface area contributed by atoms with E-state index in [4.69, 9.17) is 0 Å². The maximum absolute atomic E-state index is 11.4. The SMILES string of the molecule is CC1(c2ccccc2)CC(C)(C)N(O)c2ccc(C(c3ccccc3)(c3ccccc3)c3ccccc3)cc21. The molecule has 1 aliphatic heterocycles. The van der Waals surface area contributed by atoms with Crippen LogP contribution < -0.4 is 5.06 Å². The van der Waals surface area contributed by atoms with Crippen LogP contribution in [0.25, 0.3) is 0 Å². The highest BCUT2D eigenvalue weighted by atomic mass is 16.5. The number of rotatable bonds is 5. The van der Waals surface area contributed by atoms with Gasteiger partial charge in [0.15, 0.2) is 0 Å². The lowest BCUT2D eigenvalue weighted by atomic mass is 9.62. The number of hydrogen-bond donors (Lipinski definition) is 1. The van der Waals surface area contributed by atoms with Crippen LogP contribution in [-0.2, 0) is 10.8 Å². The molecule has 0 aromatic heterocycles. The second kappa shape index (κ2) is 9.55. The van der Waals surface area contributed by atoms with E-state index in [-0.39, 0.29) is 5.41 Å². The van der Waals surface area contributed by atoms with Crippen molar-refractivity contribution in [1.82, 2.24) is 0 Å². The van der Waals surface area contributed by atoms with Gasteiger partial charge in [0.2, 0.25) is 0 Å². The topological polar surface area (TPSA) is 23.5 Å². The Morgan fingerprint density at radius 2 is 1.00 bits per heavy atom. The van der Waals surface area contributed by atoms with Crippen LogP contribution in [0.1, 0.15) is 60.6 Å². The molecule has 5 aromatic rings. The van der Waals surface area contributed by atoms with Crippen molar-refractivity contribution in [1.29, 1.82) is 0 Å². The molecule has 0 radical (unpaired) electrons. The molecule has 1 atom stereocenters. The Bertz CT molecular complexity index is 1470. The molecular formula is C37H35NO. The molecule has 1 heterocycles. The molecule has 1 aliphatic rings.